The Labute approximate surface area is 212 Å². The van der Waals surface area contributed by atoms with Crippen LogP contribution in [0.1, 0.15) is 63.1 Å². The van der Waals surface area contributed by atoms with Crippen molar-refractivity contribution in [3.8, 4) is 17.1 Å². The number of rotatable bonds is 14. The summed E-state index contributed by atoms with van der Waals surface area (Å²) in [4.78, 5) is 33.1. The number of phenolic OH excluding ortho intramolecular Hbond substituents is 1. The molecule has 0 aliphatic carbocycles. The first-order valence-corrected chi connectivity index (χ1v) is 12.7. The van der Waals surface area contributed by atoms with Gasteiger partial charge in [-0.25, -0.2) is 0 Å². The lowest BCUT2D eigenvalue weighted by molar-refractivity contribution is -0.131. The Balaban J connectivity index is 1.46. The molecule has 3 aromatic rings. The zero-order valence-electron chi connectivity index (χ0n) is 20.9. The van der Waals surface area contributed by atoms with Gasteiger partial charge in [-0.2, -0.15) is 5.10 Å². The number of carbonyl (C=O) groups is 2. The number of phenols is 1. The van der Waals surface area contributed by atoms with Crippen LogP contribution < -0.4 is 11.1 Å². The minimum Gasteiger partial charge on any atom is -0.508 e. The van der Waals surface area contributed by atoms with E-state index in [-0.39, 0.29) is 24.5 Å². The molecular formula is C27H36N6O3. The highest BCUT2D eigenvalue weighted by Crippen LogP contribution is 2.19. The molecule has 2 heterocycles. The molecular weight excluding hydrogens is 456 g/mol. The average molecular weight is 493 g/mol. The fourth-order valence-electron chi connectivity index (χ4n) is 3.96. The van der Waals surface area contributed by atoms with Crippen LogP contribution in [0, 0.1) is 0 Å². The molecule has 4 N–H and O–H groups in total. The van der Waals surface area contributed by atoms with Crippen molar-refractivity contribution in [1.82, 2.24) is 25.1 Å². The van der Waals surface area contributed by atoms with Crippen molar-refractivity contribution in [2.75, 3.05) is 0 Å². The van der Waals surface area contributed by atoms with Crippen LogP contribution in [-0.2, 0) is 29.0 Å². The Morgan fingerprint density at radius 2 is 1.86 bits per heavy atom. The van der Waals surface area contributed by atoms with Gasteiger partial charge < -0.3 is 10.8 Å². The molecule has 2 aromatic heterocycles. The number of hydrogen-bond acceptors (Lipinski definition) is 7. The molecule has 0 unspecified atom stereocenters. The molecule has 1 aromatic carbocycles. The standard InChI is InChI=1S/C27H36N6O3/c1-2-3-4-7-16-33-21(18-24(32-33)25-19-29-14-15-30-25)8-5-6-9-26(35)31-27(36)23(28)17-20-10-12-22(34)13-11-20/h10-15,18-19,23,34H,2-9,16-17,28H2,1H3,(H,31,35,36)/t23-/m0/s1. The lowest BCUT2D eigenvalue weighted by Gasteiger charge is -2.12. The Morgan fingerprint density at radius 1 is 1.06 bits per heavy atom. The van der Waals surface area contributed by atoms with Crippen molar-refractivity contribution in [2.45, 2.75) is 77.3 Å². The van der Waals surface area contributed by atoms with Crippen LogP contribution in [0.2, 0.25) is 0 Å². The van der Waals surface area contributed by atoms with Crippen LogP contribution in [0.4, 0.5) is 0 Å². The number of aryl methyl sites for hydroxylation is 2. The highest BCUT2D eigenvalue weighted by Gasteiger charge is 2.17. The van der Waals surface area contributed by atoms with Crippen LogP contribution >= 0.6 is 0 Å². The first kappa shape index (κ1) is 27.0. The lowest BCUT2D eigenvalue weighted by atomic mass is 10.1. The number of benzene rings is 1. The fraction of sp³-hybridized carbons (Fsp3) is 0.444. The van der Waals surface area contributed by atoms with Crippen LogP contribution in [0.3, 0.4) is 0 Å². The quantitative estimate of drug-likeness (QED) is 0.293. The summed E-state index contributed by atoms with van der Waals surface area (Å²) in [6, 6.07) is 7.70. The normalized spacial score (nSPS) is 11.8. The SMILES string of the molecule is CCCCCCn1nc(-c2cnccn2)cc1CCCCC(=O)NC(=O)[C@@H](N)Cc1ccc(O)cc1. The Morgan fingerprint density at radius 3 is 2.58 bits per heavy atom. The third kappa shape index (κ3) is 8.57. The van der Waals surface area contributed by atoms with Crippen LogP contribution in [0.25, 0.3) is 11.4 Å². The van der Waals surface area contributed by atoms with E-state index in [2.05, 4.69) is 28.3 Å². The molecule has 0 saturated heterocycles. The number of amides is 2. The number of unbranched alkanes of at least 4 members (excludes halogenated alkanes) is 4. The molecule has 9 nitrogen and oxygen atoms in total. The number of nitrogens with zero attached hydrogens (tertiary/aromatic N) is 4. The third-order valence-electron chi connectivity index (χ3n) is 5.99. The van der Waals surface area contributed by atoms with E-state index in [9.17, 15) is 14.7 Å². The first-order valence-electron chi connectivity index (χ1n) is 12.7. The monoisotopic (exact) mass is 492 g/mol. The molecule has 9 heteroatoms. The molecule has 0 saturated carbocycles. The van der Waals surface area contributed by atoms with Gasteiger partial charge in [0, 0.05) is 31.1 Å². The van der Waals surface area contributed by atoms with E-state index in [0.29, 0.717) is 6.42 Å². The van der Waals surface area contributed by atoms with Gasteiger partial charge in [0.05, 0.1) is 12.2 Å². The maximum atomic E-state index is 12.3. The van der Waals surface area contributed by atoms with Crippen molar-refractivity contribution >= 4 is 11.8 Å². The van der Waals surface area contributed by atoms with Crippen LogP contribution in [0.15, 0.2) is 48.9 Å². The van der Waals surface area contributed by atoms with Gasteiger partial charge in [-0.05, 0) is 55.9 Å². The molecule has 0 spiro atoms. The molecule has 0 radical (unpaired) electrons. The molecule has 192 valence electrons. The van der Waals surface area contributed by atoms with Gasteiger partial charge in [-0.3, -0.25) is 29.6 Å². The zero-order chi connectivity index (χ0) is 25.8. The number of aromatic hydroxyl groups is 1. The second-order valence-corrected chi connectivity index (χ2v) is 8.99. The Kier molecular flexibility index (Phi) is 10.6. The number of aromatic nitrogens is 4. The largest absolute Gasteiger partial charge is 0.508 e. The first-order chi connectivity index (χ1) is 17.5. The lowest BCUT2D eigenvalue weighted by Crippen LogP contribution is -2.44. The van der Waals surface area contributed by atoms with E-state index in [1.54, 1.807) is 42.9 Å². The number of carbonyl (C=O) groups excluding carboxylic acids is 2. The summed E-state index contributed by atoms with van der Waals surface area (Å²) in [6.45, 7) is 3.04. The van der Waals surface area contributed by atoms with E-state index < -0.39 is 11.9 Å². The number of nitrogens with one attached hydrogen (secondary N) is 1. The maximum Gasteiger partial charge on any atom is 0.243 e. The van der Waals surface area contributed by atoms with Crippen molar-refractivity contribution in [3.05, 3.63) is 60.2 Å². The van der Waals surface area contributed by atoms with Gasteiger partial charge in [-0.15, -0.1) is 0 Å². The van der Waals surface area contributed by atoms with Crippen LogP contribution in [-0.4, -0.2) is 42.7 Å². The van der Waals surface area contributed by atoms with Crippen molar-refractivity contribution in [2.24, 2.45) is 5.73 Å². The molecule has 0 aliphatic rings. The second kappa shape index (κ2) is 14.1. The third-order valence-corrected chi connectivity index (χ3v) is 5.99. The second-order valence-electron chi connectivity index (χ2n) is 8.99. The molecule has 1 atom stereocenters. The zero-order valence-corrected chi connectivity index (χ0v) is 20.9. The average Bonchev–Trinajstić information content (AvgIpc) is 3.29. The van der Waals surface area contributed by atoms with Crippen molar-refractivity contribution in [3.63, 3.8) is 0 Å². The minimum atomic E-state index is -0.833. The van der Waals surface area contributed by atoms with Crippen LogP contribution in [0.5, 0.6) is 5.75 Å². The summed E-state index contributed by atoms with van der Waals surface area (Å²) in [5.74, 6) is -0.669. The van der Waals surface area contributed by atoms with Gasteiger partial charge in [0.15, 0.2) is 0 Å². The summed E-state index contributed by atoms with van der Waals surface area (Å²) in [7, 11) is 0. The number of hydrogen-bond donors (Lipinski definition) is 3. The summed E-state index contributed by atoms with van der Waals surface area (Å²) < 4.78 is 2.05. The molecule has 0 bridgehead atoms. The number of nitrogens with two attached hydrogens (primary N) is 1. The van der Waals surface area contributed by atoms with Crippen molar-refractivity contribution < 1.29 is 14.7 Å². The number of imide groups is 1. The van der Waals surface area contributed by atoms with E-state index in [1.807, 2.05) is 4.68 Å². The van der Waals surface area contributed by atoms with E-state index in [4.69, 9.17) is 10.8 Å². The smallest absolute Gasteiger partial charge is 0.243 e. The Hall–Kier alpha value is -3.59. The molecule has 2 amide bonds. The molecule has 0 aliphatic heterocycles. The van der Waals surface area contributed by atoms with Crippen molar-refractivity contribution in [1.29, 1.82) is 0 Å². The van der Waals surface area contributed by atoms with Gasteiger partial charge >= 0.3 is 0 Å². The molecule has 36 heavy (non-hydrogen) atoms. The summed E-state index contributed by atoms with van der Waals surface area (Å²) in [5, 5.41) is 16.5. The fourth-order valence-corrected chi connectivity index (χ4v) is 3.96. The van der Waals surface area contributed by atoms with Gasteiger partial charge in [0.2, 0.25) is 11.8 Å². The topological polar surface area (TPSA) is 136 Å². The molecule has 3 rings (SSSR count). The molecule has 0 fully saturated rings. The summed E-state index contributed by atoms with van der Waals surface area (Å²) in [6.07, 6.45) is 12.4. The Bertz CT molecular complexity index is 1100. The van der Waals surface area contributed by atoms with E-state index in [1.165, 1.54) is 19.3 Å². The van der Waals surface area contributed by atoms with Gasteiger partial charge in [0.25, 0.3) is 0 Å². The predicted octanol–water partition coefficient (Wildman–Crippen LogP) is 3.55. The van der Waals surface area contributed by atoms with E-state index in [0.717, 1.165) is 48.5 Å². The van der Waals surface area contributed by atoms with E-state index >= 15 is 0 Å². The predicted molar refractivity (Wildman–Crippen MR) is 138 cm³/mol. The van der Waals surface area contributed by atoms with Gasteiger partial charge in [-0.1, -0.05) is 38.3 Å². The summed E-state index contributed by atoms with van der Waals surface area (Å²) in [5.41, 5.74) is 9.42. The highest BCUT2D eigenvalue weighted by molar-refractivity contribution is 5.97. The highest BCUT2D eigenvalue weighted by atomic mass is 16.3. The van der Waals surface area contributed by atoms with Gasteiger partial charge in [0.1, 0.15) is 17.1 Å². The summed E-state index contributed by atoms with van der Waals surface area (Å²) >= 11 is 0. The maximum absolute atomic E-state index is 12.3. The minimum absolute atomic E-state index is 0.149.